The topological polar surface area (TPSA) is 75.5 Å². The molecule has 4 rings (SSSR count). The van der Waals surface area contributed by atoms with Crippen molar-refractivity contribution in [3.05, 3.63) is 54.1 Å². The van der Waals surface area contributed by atoms with Crippen LogP contribution in [-0.2, 0) is 13.0 Å². The molecule has 2 aromatic heterocycles. The number of hydrogen-bond donors (Lipinski definition) is 1. The number of nitrogens with zero attached hydrogens (tertiary/aromatic N) is 3. The summed E-state index contributed by atoms with van der Waals surface area (Å²) in [5, 5.41) is 17.7. The smallest absolute Gasteiger partial charge is 0.283 e. The molecule has 3 heterocycles. The second kappa shape index (κ2) is 5.89. The van der Waals surface area contributed by atoms with Crippen molar-refractivity contribution in [1.82, 2.24) is 10.2 Å². The van der Waals surface area contributed by atoms with E-state index in [9.17, 15) is 5.11 Å². The molecule has 0 spiro atoms. The number of rotatable bonds is 4. The molecule has 1 atom stereocenters. The van der Waals surface area contributed by atoms with Crippen LogP contribution in [0.15, 0.2) is 51.5 Å². The van der Waals surface area contributed by atoms with Crippen molar-refractivity contribution in [3.63, 3.8) is 0 Å². The third-order valence-corrected chi connectivity index (χ3v) is 4.10. The summed E-state index contributed by atoms with van der Waals surface area (Å²) in [6.45, 7) is 1.46. The molecular formula is C17H17N3O3. The average Bonchev–Trinajstić information content (AvgIpc) is 3.26. The first kappa shape index (κ1) is 14.0. The van der Waals surface area contributed by atoms with Gasteiger partial charge in [-0.1, -0.05) is 18.2 Å². The first-order valence-electron chi connectivity index (χ1n) is 7.63. The summed E-state index contributed by atoms with van der Waals surface area (Å²) in [6.07, 6.45) is 2.47. The Hall–Kier alpha value is -2.60. The van der Waals surface area contributed by atoms with Gasteiger partial charge in [-0.15, -0.1) is 10.2 Å². The number of hydrogen-bond acceptors (Lipinski definition) is 6. The van der Waals surface area contributed by atoms with Crippen molar-refractivity contribution in [3.8, 4) is 11.7 Å². The summed E-state index contributed by atoms with van der Waals surface area (Å²) >= 11 is 0. The van der Waals surface area contributed by atoms with Crippen molar-refractivity contribution in [2.75, 3.05) is 18.1 Å². The minimum atomic E-state index is 0.173. The van der Waals surface area contributed by atoms with Crippen LogP contribution in [-0.4, -0.2) is 28.5 Å². The highest BCUT2D eigenvalue weighted by molar-refractivity contribution is 5.55. The van der Waals surface area contributed by atoms with E-state index in [4.69, 9.17) is 8.83 Å². The van der Waals surface area contributed by atoms with Crippen LogP contribution in [0.3, 0.4) is 0 Å². The van der Waals surface area contributed by atoms with Crippen LogP contribution in [0.5, 0.6) is 0 Å². The van der Waals surface area contributed by atoms with Crippen LogP contribution >= 0.6 is 0 Å². The average molecular weight is 311 g/mol. The predicted octanol–water partition coefficient (Wildman–Crippen LogP) is 2.50. The lowest BCUT2D eigenvalue weighted by molar-refractivity contribution is 0.223. The molecule has 1 aliphatic heterocycles. The fraction of sp³-hybridized carbons (Fsp3) is 0.294. The van der Waals surface area contributed by atoms with Crippen molar-refractivity contribution < 1.29 is 13.9 Å². The van der Waals surface area contributed by atoms with E-state index in [1.807, 2.05) is 12.1 Å². The van der Waals surface area contributed by atoms with E-state index in [-0.39, 0.29) is 12.5 Å². The monoisotopic (exact) mass is 311 g/mol. The molecule has 1 unspecified atom stereocenters. The highest BCUT2D eigenvalue weighted by Gasteiger charge is 2.25. The van der Waals surface area contributed by atoms with E-state index in [0.717, 1.165) is 18.7 Å². The molecule has 0 saturated heterocycles. The normalized spacial score (nSPS) is 17.3. The van der Waals surface area contributed by atoms with E-state index in [2.05, 4.69) is 27.2 Å². The standard InChI is InChI=1S/C17H17N3O3/c21-11-12-8-13-4-1-2-5-14(13)20(9-12)10-16-18-19-17(23-16)15-6-3-7-22-15/h1-7,12,21H,8-11H2. The third kappa shape index (κ3) is 2.73. The summed E-state index contributed by atoms with van der Waals surface area (Å²) in [7, 11) is 0. The van der Waals surface area contributed by atoms with Crippen LogP contribution < -0.4 is 4.90 Å². The quantitative estimate of drug-likeness (QED) is 0.798. The van der Waals surface area contributed by atoms with Crippen LogP contribution in [0.1, 0.15) is 11.5 Å². The maximum absolute atomic E-state index is 9.54. The Morgan fingerprint density at radius 1 is 1.17 bits per heavy atom. The van der Waals surface area contributed by atoms with Gasteiger partial charge in [0.05, 0.1) is 12.8 Å². The molecule has 0 amide bonds. The maximum atomic E-state index is 9.54. The summed E-state index contributed by atoms with van der Waals surface area (Å²) in [5.74, 6) is 1.70. The number of furan rings is 1. The summed E-state index contributed by atoms with van der Waals surface area (Å²) in [4.78, 5) is 2.18. The largest absolute Gasteiger partial charge is 0.459 e. The SMILES string of the molecule is OCC1Cc2ccccc2N(Cc2nnc(-c3ccco3)o2)C1. The lowest BCUT2D eigenvalue weighted by Gasteiger charge is -2.34. The van der Waals surface area contributed by atoms with Crippen molar-refractivity contribution in [1.29, 1.82) is 0 Å². The molecule has 3 aromatic rings. The highest BCUT2D eigenvalue weighted by Crippen LogP contribution is 2.30. The minimum absolute atomic E-state index is 0.173. The van der Waals surface area contributed by atoms with Gasteiger partial charge >= 0.3 is 0 Å². The number of anilines is 1. The number of aliphatic hydroxyl groups excluding tert-OH is 1. The Balaban J connectivity index is 1.58. The van der Waals surface area contributed by atoms with Gasteiger partial charge in [0.15, 0.2) is 5.76 Å². The highest BCUT2D eigenvalue weighted by atomic mass is 16.4. The number of aromatic nitrogens is 2. The zero-order valence-corrected chi connectivity index (χ0v) is 12.6. The van der Waals surface area contributed by atoms with E-state index in [1.54, 1.807) is 18.4 Å². The fourth-order valence-electron chi connectivity index (χ4n) is 3.03. The van der Waals surface area contributed by atoms with Crippen molar-refractivity contribution in [2.24, 2.45) is 5.92 Å². The fourth-order valence-corrected chi connectivity index (χ4v) is 3.03. The van der Waals surface area contributed by atoms with Gasteiger partial charge in [-0.25, -0.2) is 0 Å². The van der Waals surface area contributed by atoms with Gasteiger partial charge in [0.2, 0.25) is 5.89 Å². The van der Waals surface area contributed by atoms with Crippen LogP contribution in [0.4, 0.5) is 5.69 Å². The van der Waals surface area contributed by atoms with E-state index < -0.39 is 0 Å². The van der Waals surface area contributed by atoms with E-state index in [0.29, 0.717) is 24.1 Å². The number of para-hydroxylation sites is 1. The maximum Gasteiger partial charge on any atom is 0.283 e. The Kier molecular flexibility index (Phi) is 3.59. The Labute approximate surface area is 133 Å². The molecule has 6 heteroatoms. The van der Waals surface area contributed by atoms with Gasteiger partial charge in [-0.3, -0.25) is 0 Å². The van der Waals surface area contributed by atoms with Gasteiger partial charge in [0.1, 0.15) is 0 Å². The zero-order valence-electron chi connectivity index (χ0n) is 12.6. The van der Waals surface area contributed by atoms with Crippen LogP contribution in [0.2, 0.25) is 0 Å². The molecule has 0 radical (unpaired) electrons. The molecular weight excluding hydrogens is 294 g/mol. The Bertz CT molecular complexity index is 782. The van der Waals surface area contributed by atoms with Crippen molar-refractivity contribution >= 4 is 5.69 Å². The van der Waals surface area contributed by atoms with Crippen LogP contribution in [0, 0.1) is 5.92 Å². The van der Waals surface area contributed by atoms with Gasteiger partial charge in [-0.2, -0.15) is 0 Å². The molecule has 1 aliphatic rings. The molecule has 118 valence electrons. The summed E-state index contributed by atoms with van der Waals surface area (Å²) < 4.78 is 11.0. The zero-order chi connectivity index (χ0) is 15.6. The lowest BCUT2D eigenvalue weighted by Crippen LogP contribution is -2.36. The summed E-state index contributed by atoms with van der Waals surface area (Å²) in [6, 6.07) is 11.8. The molecule has 0 bridgehead atoms. The molecule has 23 heavy (non-hydrogen) atoms. The molecule has 1 N–H and O–H groups in total. The number of fused-ring (bicyclic) bond motifs is 1. The lowest BCUT2D eigenvalue weighted by atomic mass is 9.93. The molecule has 0 aliphatic carbocycles. The Morgan fingerprint density at radius 3 is 2.91 bits per heavy atom. The molecule has 6 nitrogen and oxygen atoms in total. The Morgan fingerprint density at radius 2 is 2.09 bits per heavy atom. The minimum Gasteiger partial charge on any atom is -0.459 e. The summed E-state index contributed by atoms with van der Waals surface area (Å²) in [5.41, 5.74) is 2.40. The number of aliphatic hydroxyl groups is 1. The van der Waals surface area contributed by atoms with Crippen molar-refractivity contribution in [2.45, 2.75) is 13.0 Å². The van der Waals surface area contributed by atoms with Gasteiger partial charge in [0, 0.05) is 24.8 Å². The second-order valence-electron chi connectivity index (χ2n) is 5.74. The molecule has 0 saturated carbocycles. The molecule has 0 fully saturated rings. The first-order chi connectivity index (χ1) is 11.3. The predicted molar refractivity (Wildman–Crippen MR) is 83.8 cm³/mol. The van der Waals surface area contributed by atoms with Gasteiger partial charge in [-0.05, 0) is 30.2 Å². The third-order valence-electron chi connectivity index (χ3n) is 4.10. The van der Waals surface area contributed by atoms with Crippen LogP contribution in [0.25, 0.3) is 11.7 Å². The molecule has 1 aromatic carbocycles. The number of benzene rings is 1. The van der Waals surface area contributed by atoms with E-state index in [1.165, 1.54) is 5.56 Å². The van der Waals surface area contributed by atoms with E-state index >= 15 is 0 Å². The van der Waals surface area contributed by atoms with Gasteiger partial charge < -0.3 is 18.8 Å². The first-order valence-corrected chi connectivity index (χ1v) is 7.63. The second-order valence-corrected chi connectivity index (χ2v) is 5.74. The van der Waals surface area contributed by atoms with Gasteiger partial charge in [0.25, 0.3) is 5.89 Å².